The average Bonchev–Trinajstić information content (AvgIpc) is 3.18. The lowest BCUT2D eigenvalue weighted by atomic mass is 10.2. The van der Waals surface area contributed by atoms with Crippen LogP contribution in [0.4, 0.5) is 4.79 Å². The number of hydrogen-bond acceptors (Lipinski definition) is 4. The van der Waals surface area contributed by atoms with Crippen LogP contribution in [0.5, 0.6) is 11.5 Å². The van der Waals surface area contributed by atoms with E-state index in [2.05, 4.69) is 23.4 Å². The lowest BCUT2D eigenvalue weighted by Gasteiger charge is -2.20. The molecule has 2 heterocycles. The van der Waals surface area contributed by atoms with Crippen molar-refractivity contribution in [1.29, 1.82) is 0 Å². The van der Waals surface area contributed by atoms with Crippen LogP contribution in [0.1, 0.15) is 23.9 Å². The van der Waals surface area contributed by atoms with Crippen LogP contribution in [0.25, 0.3) is 0 Å². The van der Waals surface area contributed by atoms with Gasteiger partial charge in [-0.05, 0) is 43.5 Å². The van der Waals surface area contributed by atoms with Crippen molar-refractivity contribution in [3.63, 3.8) is 0 Å². The summed E-state index contributed by atoms with van der Waals surface area (Å²) in [6.07, 6.45) is 0. The second-order valence-electron chi connectivity index (χ2n) is 6.94. The molecule has 1 aromatic carbocycles. The van der Waals surface area contributed by atoms with Crippen molar-refractivity contribution >= 4 is 6.03 Å². The number of carbonyl (C=O) groups is 1. The molecule has 140 valence electrons. The number of aryl methyl sites for hydroxylation is 2. The summed E-state index contributed by atoms with van der Waals surface area (Å²) in [5, 5.41) is 7.46. The highest BCUT2D eigenvalue weighted by Gasteiger charge is 2.16. The Balaban J connectivity index is 1.47. The van der Waals surface area contributed by atoms with Crippen LogP contribution in [0.15, 0.2) is 24.3 Å². The Hall–Kier alpha value is -2.70. The highest BCUT2D eigenvalue weighted by Crippen LogP contribution is 2.32. The Labute approximate surface area is 153 Å². The number of nitrogens with zero attached hydrogens (tertiary/aromatic N) is 3. The molecule has 1 aromatic heterocycles. The summed E-state index contributed by atoms with van der Waals surface area (Å²) < 4.78 is 12.7. The van der Waals surface area contributed by atoms with Crippen molar-refractivity contribution in [2.75, 3.05) is 20.4 Å². The minimum absolute atomic E-state index is 0.0946. The van der Waals surface area contributed by atoms with Gasteiger partial charge < -0.3 is 19.7 Å². The fourth-order valence-electron chi connectivity index (χ4n) is 3.00. The summed E-state index contributed by atoms with van der Waals surface area (Å²) >= 11 is 0. The Morgan fingerprint density at radius 1 is 1.31 bits per heavy atom. The molecule has 7 nitrogen and oxygen atoms in total. The SMILES string of the molecule is Cc1cc(C)n(C[C@H](C)CNC(=O)N(C)Cc2ccc3c(c2)OCO3)n1. The zero-order chi connectivity index (χ0) is 18.7. The van der Waals surface area contributed by atoms with E-state index < -0.39 is 0 Å². The van der Waals surface area contributed by atoms with E-state index in [0.29, 0.717) is 13.1 Å². The number of aromatic nitrogens is 2. The fourth-order valence-corrected chi connectivity index (χ4v) is 3.00. The zero-order valence-electron chi connectivity index (χ0n) is 15.8. The standard InChI is InChI=1S/C19H26N4O3/c1-13(10-23-15(3)7-14(2)21-23)9-20-19(24)22(4)11-16-5-6-17-18(8-16)26-12-25-17/h5-8,13H,9-12H2,1-4H3,(H,20,24)/t13-/m1/s1. The van der Waals surface area contributed by atoms with Crippen LogP contribution in [-0.2, 0) is 13.1 Å². The van der Waals surface area contributed by atoms with Gasteiger partial charge in [0.2, 0.25) is 6.79 Å². The van der Waals surface area contributed by atoms with E-state index in [1.807, 2.05) is 36.7 Å². The third-order valence-electron chi connectivity index (χ3n) is 4.39. The quantitative estimate of drug-likeness (QED) is 0.862. The van der Waals surface area contributed by atoms with Gasteiger partial charge in [-0.15, -0.1) is 0 Å². The van der Waals surface area contributed by atoms with Gasteiger partial charge in [-0.1, -0.05) is 13.0 Å². The summed E-state index contributed by atoms with van der Waals surface area (Å²) in [7, 11) is 1.78. The highest BCUT2D eigenvalue weighted by molar-refractivity contribution is 5.73. The molecule has 0 aliphatic carbocycles. The Bertz CT molecular complexity index is 787. The van der Waals surface area contributed by atoms with Gasteiger partial charge in [-0.3, -0.25) is 4.68 Å². The molecule has 0 radical (unpaired) electrons. The van der Waals surface area contributed by atoms with Gasteiger partial charge in [-0.25, -0.2) is 4.79 Å². The smallest absolute Gasteiger partial charge is 0.317 e. The Morgan fingerprint density at radius 2 is 2.08 bits per heavy atom. The van der Waals surface area contributed by atoms with Crippen molar-refractivity contribution in [2.24, 2.45) is 5.92 Å². The Kier molecular flexibility index (Phi) is 5.35. The van der Waals surface area contributed by atoms with Gasteiger partial charge in [0.25, 0.3) is 0 Å². The molecule has 1 N–H and O–H groups in total. The average molecular weight is 358 g/mol. The molecule has 3 rings (SSSR count). The molecule has 2 aromatic rings. The van der Waals surface area contributed by atoms with Gasteiger partial charge in [0.15, 0.2) is 11.5 Å². The van der Waals surface area contributed by atoms with E-state index in [-0.39, 0.29) is 18.7 Å². The van der Waals surface area contributed by atoms with Gasteiger partial charge in [0.05, 0.1) is 5.69 Å². The van der Waals surface area contributed by atoms with Gasteiger partial charge in [-0.2, -0.15) is 5.10 Å². The summed E-state index contributed by atoms with van der Waals surface area (Å²) in [6.45, 7) is 8.28. The van der Waals surface area contributed by atoms with E-state index in [9.17, 15) is 4.79 Å². The first-order valence-corrected chi connectivity index (χ1v) is 8.81. The van der Waals surface area contributed by atoms with E-state index in [1.165, 1.54) is 0 Å². The molecular formula is C19H26N4O3. The molecule has 0 spiro atoms. The molecule has 0 saturated carbocycles. The minimum atomic E-state index is -0.0946. The molecule has 7 heteroatoms. The summed E-state index contributed by atoms with van der Waals surface area (Å²) in [6, 6.07) is 7.70. The van der Waals surface area contributed by atoms with Gasteiger partial charge >= 0.3 is 6.03 Å². The second kappa shape index (κ2) is 7.68. The van der Waals surface area contributed by atoms with E-state index in [1.54, 1.807) is 11.9 Å². The zero-order valence-corrected chi connectivity index (χ0v) is 15.8. The molecule has 1 aliphatic heterocycles. The molecular weight excluding hydrogens is 332 g/mol. The van der Waals surface area contributed by atoms with Crippen molar-refractivity contribution in [1.82, 2.24) is 20.0 Å². The predicted molar refractivity (Wildman–Crippen MR) is 98.3 cm³/mol. The molecule has 26 heavy (non-hydrogen) atoms. The molecule has 1 aliphatic rings. The molecule has 0 bridgehead atoms. The molecule has 0 unspecified atom stereocenters. The number of nitrogens with one attached hydrogen (secondary N) is 1. The van der Waals surface area contributed by atoms with Crippen LogP contribution in [0.3, 0.4) is 0 Å². The predicted octanol–water partition coefficient (Wildman–Crippen LogP) is 2.71. The lowest BCUT2D eigenvalue weighted by molar-refractivity contribution is 0.174. The summed E-state index contributed by atoms with van der Waals surface area (Å²) in [4.78, 5) is 14.0. The number of benzene rings is 1. The van der Waals surface area contributed by atoms with E-state index in [0.717, 1.165) is 35.0 Å². The topological polar surface area (TPSA) is 68.6 Å². The van der Waals surface area contributed by atoms with Crippen molar-refractivity contribution < 1.29 is 14.3 Å². The van der Waals surface area contributed by atoms with Crippen LogP contribution in [0.2, 0.25) is 0 Å². The summed E-state index contributed by atoms with van der Waals surface area (Å²) in [5.74, 6) is 1.77. The number of carbonyl (C=O) groups excluding carboxylic acids is 1. The number of amides is 2. The van der Waals surface area contributed by atoms with Crippen molar-refractivity contribution in [2.45, 2.75) is 33.9 Å². The number of urea groups is 1. The third-order valence-corrected chi connectivity index (χ3v) is 4.39. The first kappa shape index (κ1) is 18.1. The summed E-state index contributed by atoms with van der Waals surface area (Å²) in [5.41, 5.74) is 3.16. The van der Waals surface area contributed by atoms with Gasteiger partial charge in [0.1, 0.15) is 0 Å². The van der Waals surface area contributed by atoms with Crippen molar-refractivity contribution in [3.8, 4) is 11.5 Å². The monoisotopic (exact) mass is 358 g/mol. The number of hydrogen-bond donors (Lipinski definition) is 1. The lowest BCUT2D eigenvalue weighted by Crippen LogP contribution is -2.39. The third kappa shape index (κ3) is 4.28. The van der Waals surface area contributed by atoms with Gasteiger partial charge in [0, 0.05) is 32.4 Å². The minimum Gasteiger partial charge on any atom is -0.454 e. The maximum atomic E-state index is 12.3. The molecule has 0 saturated heterocycles. The highest BCUT2D eigenvalue weighted by atomic mass is 16.7. The Morgan fingerprint density at radius 3 is 2.81 bits per heavy atom. The first-order chi connectivity index (χ1) is 12.4. The molecule has 0 fully saturated rings. The second-order valence-corrected chi connectivity index (χ2v) is 6.94. The maximum absolute atomic E-state index is 12.3. The van der Waals surface area contributed by atoms with E-state index in [4.69, 9.17) is 9.47 Å². The van der Waals surface area contributed by atoms with Crippen LogP contribution in [0, 0.1) is 19.8 Å². The van der Waals surface area contributed by atoms with E-state index >= 15 is 0 Å². The van der Waals surface area contributed by atoms with Crippen LogP contribution < -0.4 is 14.8 Å². The molecule has 2 amide bonds. The molecule has 1 atom stereocenters. The maximum Gasteiger partial charge on any atom is 0.317 e. The fraction of sp³-hybridized carbons (Fsp3) is 0.474. The number of ether oxygens (including phenoxy) is 2. The number of rotatable bonds is 6. The van der Waals surface area contributed by atoms with Crippen LogP contribution in [-0.4, -0.2) is 41.1 Å². The first-order valence-electron chi connectivity index (χ1n) is 8.81. The van der Waals surface area contributed by atoms with Crippen molar-refractivity contribution in [3.05, 3.63) is 41.2 Å². The normalized spacial score (nSPS) is 13.5. The number of fused-ring (bicyclic) bond motifs is 1. The van der Waals surface area contributed by atoms with Crippen LogP contribution >= 0.6 is 0 Å². The largest absolute Gasteiger partial charge is 0.454 e.